The van der Waals surface area contributed by atoms with Crippen LogP contribution in [0.1, 0.15) is 6.42 Å². The lowest BCUT2D eigenvalue weighted by Crippen LogP contribution is -2.36. The zero-order chi connectivity index (χ0) is 14.7. The van der Waals surface area contributed by atoms with Crippen LogP contribution in [0.2, 0.25) is 0 Å². The molecule has 1 fully saturated rings. The van der Waals surface area contributed by atoms with Crippen molar-refractivity contribution in [3.63, 3.8) is 0 Å². The molecule has 106 valence electrons. The Morgan fingerprint density at radius 3 is 2.60 bits per heavy atom. The molecule has 7 heteroatoms. The summed E-state index contributed by atoms with van der Waals surface area (Å²) < 4.78 is 12.8. The summed E-state index contributed by atoms with van der Waals surface area (Å²) in [5, 5.41) is 10.7. The van der Waals surface area contributed by atoms with Gasteiger partial charge in [0.2, 0.25) is 11.8 Å². The van der Waals surface area contributed by atoms with Gasteiger partial charge < -0.3 is 15.3 Å². The predicted molar refractivity (Wildman–Crippen MR) is 67.5 cm³/mol. The third kappa shape index (κ3) is 3.11. The maximum Gasteiger partial charge on any atom is 0.322 e. The number of rotatable bonds is 4. The van der Waals surface area contributed by atoms with Crippen LogP contribution in [0.15, 0.2) is 24.3 Å². The third-order valence-electron chi connectivity index (χ3n) is 3.05. The lowest BCUT2D eigenvalue weighted by molar-refractivity contribution is -0.138. The third-order valence-corrected chi connectivity index (χ3v) is 3.05. The Bertz CT molecular complexity index is 544. The predicted octanol–water partition coefficient (Wildman–Crippen LogP) is 0.379. The highest BCUT2D eigenvalue weighted by Gasteiger charge is 2.35. The Kier molecular flexibility index (Phi) is 3.97. The van der Waals surface area contributed by atoms with Gasteiger partial charge in [-0.1, -0.05) is 0 Å². The van der Waals surface area contributed by atoms with E-state index in [9.17, 15) is 18.8 Å². The van der Waals surface area contributed by atoms with Gasteiger partial charge in [-0.15, -0.1) is 0 Å². The van der Waals surface area contributed by atoms with Crippen LogP contribution in [0.25, 0.3) is 0 Å². The first kappa shape index (κ1) is 14.0. The number of hydrogen-bond donors (Lipinski definition) is 2. The van der Waals surface area contributed by atoms with E-state index in [0.29, 0.717) is 5.69 Å². The van der Waals surface area contributed by atoms with Crippen molar-refractivity contribution in [2.24, 2.45) is 5.92 Å². The highest BCUT2D eigenvalue weighted by atomic mass is 19.1. The molecule has 1 saturated heterocycles. The van der Waals surface area contributed by atoms with Gasteiger partial charge in [0, 0.05) is 18.7 Å². The van der Waals surface area contributed by atoms with Crippen LogP contribution in [-0.2, 0) is 14.4 Å². The summed E-state index contributed by atoms with van der Waals surface area (Å²) >= 11 is 0. The van der Waals surface area contributed by atoms with Crippen LogP contribution >= 0.6 is 0 Å². The van der Waals surface area contributed by atoms with Crippen molar-refractivity contribution < 1.29 is 23.9 Å². The van der Waals surface area contributed by atoms with Gasteiger partial charge in [0.1, 0.15) is 12.4 Å². The molecule has 1 aromatic rings. The lowest BCUT2D eigenvalue weighted by Gasteiger charge is -2.16. The summed E-state index contributed by atoms with van der Waals surface area (Å²) in [5.74, 6) is -2.85. The van der Waals surface area contributed by atoms with Crippen LogP contribution in [-0.4, -0.2) is 36.0 Å². The van der Waals surface area contributed by atoms with E-state index in [0.717, 1.165) is 0 Å². The van der Waals surface area contributed by atoms with E-state index in [1.807, 2.05) is 0 Å². The van der Waals surface area contributed by atoms with Gasteiger partial charge in [-0.3, -0.25) is 14.4 Å². The maximum absolute atomic E-state index is 12.8. The molecule has 1 aliphatic heterocycles. The van der Waals surface area contributed by atoms with E-state index >= 15 is 0 Å². The minimum atomic E-state index is -1.14. The fourth-order valence-corrected chi connectivity index (χ4v) is 2.06. The maximum atomic E-state index is 12.8. The summed E-state index contributed by atoms with van der Waals surface area (Å²) in [6, 6.07) is 5.40. The van der Waals surface area contributed by atoms with Gasteiger partial charge >= 0.3 is 5.97 Å². The number of anilines is 1. The van der Waals surface area contributed by atoms with Crippen molar-refractivity contribution >= 4 is 23.5 Å². The van der Waals surface area contributed by atoms with E-state index in [2.05, 4.69) is 5.32 Å². The molecule has 20 heavy (non-hydrogen) atoms. The summed E-state index contributed by atoms with van der Waals surface area (Å²) in [7, 11) is 0. The summed E-state index contributed by atoms with van der Waals surface area (Å²) in [4.78, 5) is 35.3. The first-order chi connectivity index (χ1) is 9.47. The monoisotopic (exact) mass is 280 g/mol. The highest BCUT2D eigenvalue weighted by Crippen LogP contribution is 2.25. The molecule has 0 radical (unpaired) electrons. The molecule has 0 aliphatic carbocycles. The second-order valence-corrected chi connectivity index (χ2v) is 4.49. The van der Waals surface area contributed by atoms with Crippen molar-refractivity contribution in [3.8, 4) is 0 Å². The van der Waals surface area contributed by atoms with E-state index in [-0.39, 0.29) is 18.9 Å². The number of amides is 2. The molecule has 6 nitrogen and oxygen atoms in total. The molecule has 1 aromatic carbocycles. The number of carboxylic acid groups (broad SMARTS) is 1. The Labute approximate surface area is 114 Å². The quantitative estimate of drug-likeness (QED) is 0.834. The number of carbonyl (C=O) groups is 3. The van der Waals surface area contributed by atoms with Crippen LogP contribution in [0.5, 0.6) is 0 Å². The Morgan fingerprint density at radius 2 is 2.00 bits per heavy atom. The van der Waals surface area contributed by atoms with Gasteiger partial charge in [-0.05, 0) is 24.3 Å². The Hall–Kier alpha value is -2.44. The zero-order valence-corrected chi connectivity index (χ0v) is 10.5. The number of nitrogens with one attached hydrogen (secondary N) is 1. The van der Waals surface area contributed by atoms with Crippen LogP contribution < -0.4 is 10.2 Å². The molecular weight excluding hydrogens is 267 g/mol. The fourth-order valence-electron chi connectivity index (χ4n) is 2.06. The normalized spacial score (nSPS) is 18.1. The van der Waals surface area contributed by atoms with E-state index in [4.69, 9.17) is 5.11 Å². The SMILES string of the molecule is O=C(O)CNC(=O)C1CC(=O)N(c2ccc(F)cc2)C1. The average Bonchev–Trinajstić information content (AvgIpc) is 2.79. The molecule has 1 atom stereocenters. The molecule has 0 spiro atoms. The first-order valence-corrected chi connectivity index (χ1v) is 6.03. The van der Waals surface area contributed by atoms with Crippen LogP contribution in [0.3, 0.4) is 0 Å². The van der Waals surface area contributed by atoms with Crippen molar-refractivity contribution in [1.82, 2.24) is 5.32 Å². The van der Waals surface area contributed by atoms with Crippen molar-refractivity contribution in [3.05, 3.63) is 30.1 Å². The van der Waals surface area contributed by atoms with Gasteiger partial charge in [-0.25, -0.2) is 4.39 Å². The molecule has 0 aromatic heterocycles. The molecule has 1 unspecified atom stereocenters. The number of nitrogens with zero attached hydrogens (tertiary/aromatic N) is 1. The summed E-state index contributed by atoms with van der Waals surface area (Å²) in [5.41, 5.74) is 0.518. The van der Waals surface area contributed by atoms with Crippen molar-refractivity contribution in [2.45, 2.75) is 6.42 Å². The van der Waals surface area contributed by atoms with Crippen LogP contribution in [0.4, 0.5) is 10.1 Å². The number of hydrogen-bond acceptors (Lipinski definition) is 3. The topological polar surface area (TPSA) is 86.7 Å². The average molecular weight is 280 g/mol. The molecule has 1 heterocycles. The van der Waals surface area contributed by atoms with Gasteiger partial charge in [0.15, 0.2) is 0 Å². The molecule has 0 saturated carbocycles. The minimum Gasteiger partial charge on any atom is -0.480 e. The van der Waals surface area contributed by atoms with Crippen molar-refractivity contribution in [1.29, 1.82) is 0 Å². The molecular formula is C13H13FN2O4. The molecule has 1 aliphatic rings. The second kappa shape index (κ2) is 5.68. The standard InChI is InChI=1S/C13H13FN2O4/c14-9-1-3-10(4-2-9)16-7-8(5-11(16)17)13(20)15-6-12(18)19/h1-4,8H,5-7H2,(H,15,20)(H,18,19). The number of carboxylic acids is 1. The Morgan fingerprint density at radius 1 is 1.35 bits per heavy atom. The molecule has 2 amide bonds. The number of benzene rings is 1. The van der Waals surface area contributed by atoms with Gasteiger partial charge in [0.05, 0.1) is 5.92 Å². The minimum absolute atomic E-state index is 0.0167. The van der Waals surface area contributed by atoms with E-state index in [1.54, 1.807) is 0 Å². The largest absolute Gasteiger partial charge is 0.480 e. The van der Waals surface area contributed by atoms with E-state index < -0.39 is 30.2 Å². The van der Waals surface area contributed by atoms with Gasteiger partial charge in [0.25, 0.3) is 0 Å². The summed E-state index contributed by atoms with van der Waals surface area (Å²) in [6.07, 6.45) is 0.0167. The number of halogens is 1. The number of carbonyl (C=O) groups excluding carboxylic acids is 2. The zero-order valence-electron chi connectivity index (χ0n) is 10.5. The molecule has 2 N–H and O–H groups in total. The second-order valence-electron chi connectivity index (χ2n) is 4.49. The summed E-state index contributed by atoms with van der Waals surface area (Å²) in [6.45, 7) is -0.310. The smallest absolute Gasteiger partial charge is 0.322 e. The fraction of sp³-hybridized carbons (Fsp3) is 0.308. The van der Waals surface area contributed by atoms with E-state index in [1.165, 1.54) is 29.2 Å². The first-order valence-electron chi connectivity index (χ1n) is 6.03. The molecule has 2 rings (SSSR count). The lowest BCUT2D eigenvalue weighted by atomic mass is 10.1. The molecule has 0 bridgehead atoms. The van der Waals surface area contributed by atoms with Gasteiger partial charge in [-0.2, -0.15) is 0 Å². The van der Waals surface area contributed by atoms with Crippen LogP contribution in [0, 0.1) is 11.7 Å². The van der Waals surface area contributed by atoms with Crippen molar-refractivity contribution in [2.75, 3.05) is 18.0 Å². The highest BCUT2D eigenvalue weighted by molar-refractivity contribution is 6.00. The Balaban J connectivity index is 2.01. The number of aliphatic carboxylic acids is 1.